The molecule has 1 unspecified atom stereocenters. The molecule has 32 heavy (non-hydrogen) atoms. The number of aromatic nitrogens is 1. The molecule has 0 aliphatic carbocycles. The normalized spacial score (nSPS) is 16.0. The van der Waals surface area contributed by atoms with Crippen molar-refractivity contribution in [1.29, 1.82) is 0 Å². The van der Waals surface area contributed by atoms with Gasteiger partial charge in [-0.25, -0.2) is 4.98 Å². The van der Waals surface area contributed by atoms with Crippen LogP contribution in [-0.2, 0) is 11.3 Å². The lowest BCUT2D eigenvalue weighted by atomic mass is 9.94. The summed E-state index contributed by atoms with van der Waals surface area (Å²) in [5.74, 6) is -0.908. The summed E-state index contributed by atoms with van der Waals surface area (Å²) in [4.78, 5) is 33.1. The highest BCUT2D eigenvalue weighted by Crippen LogP contribution is 2.43. The molecule has 1 aliphatic heterocycles. The molecule has 1 atom stereocenters. The van der Waals surface area contributed by atoms with Crippen LogP contribution in [0.3, 0.4) is 0 Å². The molecule has 1 N–H and O–H groups in total. The molecule has 1 aliphatic rings. The van der Waals surface area contributed by atoms with Gasteiger partial charge in [0.25, 0.3) is 5.91 Å². The monoisotopic (exact) mass is 448 g/mol. The Morgan fingerprint density at radius 3 is 2.47 bits per heavy atom. The molecule has 2 heterocycles. The third kappa shape index (κ3) is 3.91. The molecule has 0 radical (unpaired) electrons. The highest BCUT2D eigenvalue weighted by Gasteiger charge is 2.45. The van der Waals surface area contributed by atoms with Crippen molar-refractivity contribution in [2.45, 2.75) is 33.4 Å². The van der Waals surface area contributed by atoms with Gasteiger partial charge in [0, 0.05) is 12.1 Å². The maximum absolute atomic E-state index is 13.6. The van der Waals surface area contributed by atoms with Crippen molar-refractivity contribution < 1.29 is 19.4 Å². The number of nitrogens with zero attached hydrogens (tertiary/aromatic N) is 2. The van der Waals surface area contributed by atoms with Crippen molar-refractivity contribution in [3.63, 3.8) is 0 Å². The van der Waals surface area contributed by atoms with Crippen LogP contribution in [-0.4, -0.2) is 33.3 Å². The number of hydrogen-bond acceptors (Lipinski definition) is 6. The van der Waals surface area contributed by atoms with Crippen LogP contribution in [0, 0.1) is 13.8 Å². The van der Waals surface area contributed by atoms with Gasteiger partial charge in [0.1, 0.15) is 5.75 Å². The SMILES string of the molecule is CCOc1ccccc1C1C(C(=O)c2sc(C)nc2C)=C(O)C(=O)N1Cc1ccccc1. The van der Waals surface area contributed by atoms with Gasteiger partial charge in [-0.3, -0.25) is 9.59 Å². The van der Waals surface area contributed by atoms with Gasteiger partial charge >= 0.3 is 0 Å². The number of aliphatic hydroxyl groups excluding tert-OH is 1. The van der Waals surface area contributed by atoms with Crippen LogP contribution >= 0.6 is 11.3 Å². The summed E-state index contributed by atoms with van der Waals surface area (Å²) in [6.45, 7) is 6.14. The Morgan fingerprint density at radius 1 is 1.12 bits per heavy atom. The molecule has 1 amide bonds. The second kappa shape index (κ2) is 8.96. The lowest BCUT2D eigenvalue weighted by Crippen LogP contribution is -2.31. The number of benzene rings is 2. The largest absolute Gasteiger partial charge is 0.503 e. The van der Waals surface area contributed by atoms with Gasteiger partial charge in [-0.2, -0.15) is 0 Å². The van der Waals surface area contributed by atoms with Gasteiger partial charge < -0.3 is 14.7 Å². The van der Waals surface area contributed by atoms with E-state index in [2.05, 4.69) is 4.98 Å². The zero-order chi connectivity index (χ0) is 22.8. The van der Waals surface area contributed by atoms with E-state index in [4.69, 9.17) is 4.74 Å². The number of hydrogen-bond donors (Lipinski definition) is 1. The number of ketones is 1. The van der Waals surface area contributed by atoms with E-state index < -0.39 is 17.7 Å². The molecule has 0 saturated carbocycles. The fraction of sp³-hybridized carbons (Fsp3) is 0.240. The summed E-state index contributed by atoms with van der Waals surface area (Å²) >= 11 is 1.26. The Balaban J connectivity index is 1.86. The van der Waals surface area contributed by atoms with E-state index in [1.807, 2.05) is 68.4 Å². The number of Topliss-reactive ketones (excluding diaryl/α,β-unsaturated/α-hetero) is 1. The standard InChI is InChI=1S/C25H24N2O4S/c1-4-31-19-13-9-8-12-18(19)21-20(22(28)24-15(2)26-16(3)32-24)23(29)25(30)27(21)14-17-10-6-5-7-11-17/h5-13,21,29H,4,14H2,1-3H3. The van der Waals surface area contributed by atoms with Gasteiger partial charge in [0.15, 0.2) is 5.76 Å². The minimum Gasteiger partial charge on any atom is -0.503 e. The second-order valence-corrected chi connectivity index (χ2v) is 8.73. The average Bonchev–Trinajstić information content (AvgIpc) is 3.25. The third-order valence-electron chi connectivity index (χ3n) is 5.37. The fourth-order valence-electron chi connectivity index (χ4n) is 4.01. The zero-order valence-electron chi connectivity index (χ0n) is 18.2. The van der Waals surface area contributed by atoms with E-state index in [1.165, 1.54) is 16.2 Å². The van der Waals surface area contributed by atoms with Crippen molar-refractivity contribution in [1.82, 2.24) is 9.88 Å². The molecule has 1 aromatic heterocycles. The summed E-state index contributed by atoms with van der Waals surface area (Å²) < 4.78 is 5.82. The maximum atomic E-state index is 13.6. The number of carbonyl (C=O) groups excluding carboxylic acids is 2. The lowest BCUT2D eigenvalue weighted by Gasteiger charge is -2.28. The van der Waals surface area contributed by atoms with Crippen molar-refractivity contribution >= 4 is 23.0 Å². The van der Waals surface area contributed by atoms with Crippen molar-refractivity contribution in [3.05, 3.63) is 92.6 Å². The summed E-state index contributed by atoms with van der Waals surface area (Å²) in [6, 6.07) is 16.0. The van der Waals surface area contributed by atoms with Gasteiger partial charge in [0.2, 0.25) is 5.78 Å². The Kier molecular flexibility index (Phi) is 6.10. The minimum absolute atomic E-state index is 0.0600. The molecule has 4 rings (SSSR count). The topological polar surface area (TPSA) is 79.7 Å². The van der Waals surface area contributed by atoms with Crippen LogP contribution in [0.15, 0.2) is 65.9 Å². The number of rotatable bonds is 7. The van der Waals surface area contributed by atoms with Gasteiger partial charge in [0.05, 0.1) is 33.8 Å². The maximum Gasteiger partial charge on any atom is 0.290 e. The minimum atomic E-state index is -0.778. The second-order valence-electron chi connectivity index (χ2n) is 7.53. The number of para-hydroxylation sites is 1. The highest BCUT2D eigenvalue weighted by atomic mass is 32.1. The molecular formula is C25H24N2O4S. The van der Waals surface area contributed by atoms with Crippen LogP contribution in [0.25, 0.3) is 0 Å². The van der Waals surface area contributed by atoms with Crippen molar-refractivity contribution in [2.24, 2.45) is 0 Å². The van der Waals surface area contributed by atoms with E-state index in [0.29, 0.717) is 28.5 Å². The zero-order valence-corrected chi connectivity index (χ0v) is 19.0. The molecule has 164 valence electrons. The fourth-order valence-corrected chi connectivity index (χ4v) is 4.88. The molecular weight excluding hydrogens is 424 g/mol. The third-order valence-corrected chi connectivity index (χ3v) is 6.44. The Morgan fingerprint density at radius 2 is 1.81 bits per heavy atom. The number of aliphatic hydroxyl groups is 1. The molecule has 0 spiro atoms. The molecule has 0 bridgehead atoms. The van der Waals surface area contributed by atoms with Crippen LogP contribution < -0.4 is 4.74 Å². The summed E-state index contributed by atoms with van der Waals surface area (Å²) in [6.07, 6.45) is 0. The van der Waals surface area contributed by atoms with E-state index in [-0.39, 0.29) is 17.9 Å². The smallest absolute Gasteiger partial charge is 0.290 e. The van der Waals surface area contributed by atoms with Crippen LogP contribution in [0.2, 0.25) is 0 Å². The molecule has 0 fully saturated rings. The van der Waals surface area contributed by atoms with Crippen LogP contribution in [0.1, 0.15) is 44.5 Å². The first-order chi connectivity index (χ1) is 15.4. The number of carbonyl (C=O) groups is 2. The Hall–Kier alpha value is -3.45. The first-order valence-corrected chi connectivity index (χ1v) is 11.2. The molecule has 0 saturated heterocycles. The van der Waals surface area contributed by atoms with E-state index in [9.17, 15) is 14.7 Å². The Labute approximate surface area is 190 Å². The molecule has 2 aromatic carbocycles. The van der Waals surface area contributed by atoms with Gasteiger partial charge in [-0.1, -0.05) is 48.5 Å². The van der Waals surface area contributed by atoms with E-state index >= 15 is 0 Å². The predicted octanol–water partition coefficient (Wildman–Crippen LogP) is 4.94. The summed E-state index contributed by atoms with van der Waals surface area (Å²) in [7, 11) is 0. The highest BCUT2D eigenvalue weighted by molar-refractivity contribution is 7.14. The summed E-state index contributed by atoms with van der Waals surface area (Å²) in [5.41, 5.74) is 2.20. The molecule has 6 nitrogen and oxygen atoms in total. The number of ether oxygens (including phenoxy) is 1. The first kappa shape index (κ1) is 21.8. The number of amides is 1. The van der Waals surface area contributed by atoms with E-state index in [0.717, 1.165) is 10.6 Å². The predicted molar refractivity (Wildman–Crippen MR) is 123 cm³/mol. The van der Waals surface area contributed by atoms with Gasteiger partial charge in [-0.15, -0.1) is 11.3 Å². The van der Waals surface area contributed by atoms with Gasteiger partial charge in [-0.05, 0) is 32.4 Å². The Bertz CT molecular complexity index is 1200. The molecule has 3 aromatic rings. The first-order valence-electron chi connectivity index (χ1n) is 10.4. The van der Waals surface area contributed by atoms with Crippen molar-refractivity contribution in [3.8, 4) is 5.75 Å². The van der Waals surface area contributed by atoms with E-state index in [1.54, 1.807) is 6.92 Å². The van der Waals surface area contributed by atoms with Crippen LogP contribution in [0.5, 0.6) is 5.75 Å². The number of aryl methyl sites for hydroxylation is 2. The summed E-state index contributed by atoms with van der Waals surface area (Å²) in [5, 5.41) is 11.7. The quantitative estimate of drug-likeness (QED) is 0.518. The average molecular weight is 449 g/mol. The molecule has 7 heteroatoms. The van der Waals surface area contributed by atoms with Crippen LogP contribution in [0.4, 0.5) is 0 Å². The lowest BCUT2D eigenvalue weighted by molar-refractivity contribution is -0.130. The van der Waals surface area contributed by atoms with Crippen molar-refractivity contribution in [2.75, 3.05) is 6.61 Å². The number of thiazole rings is 1.